The molecular formula is C15H26N4OS. The van der Waals surface area contributed by atoms with Gasteiger partial charge in [0.15, 0.2) is 0 Å². The van der Waals surface area contributed by atoms with Crippen LogP contribution in [0, 0.1) is 12.8 Å². The van der Waals surface area contributed by atoms with Crippen molar-refractivity contribution in [3.63, 3.8) is 0 Å². The first-order chi connectivity index (χ1) is 9.97. The fourth-order valence-corrected chi connectivity index (χ4v) is 3.79. The SMILES string of the molecule is CC(=O)NC[C@H]1CCN(Cc2scnc2C)C[C@H]1N(C)C. The molecule has 1 amide bonds. The van der Waals surface area contributed by atoms with Gasteiger partial charge in [0.2, 0.25) is 5.91 Å². The second-order valence-electron chi connectivity index (χ2n) is 6.11. The molecule has 1 aliphatic heterocycles. The number of aromatic nitrogens is 1. The number of carbonyl (C=O) groups is 1. The van der Waals surface area contributed by atoms with Gasteiger partial charge in [-0.2, -0.15) is 0 Å². The smallest absolute Gasteiger partial charge is 0.216 e. The number of nitrogens with zero attached hydrogens (tertiary/aromatic N) is 3. The standard InChI is InChI=1S/C15H26N4OS/c1-11-15(21-10-17-11)9-19-6-5-13(7-16-12(2)20)14(8-19)18(3)4/h10,13-14H,5-9H2,1-4H3,(H,16,20)/t13-,14-/m1/s1. The summed E-state index contributed by atoms with van der Waals surface area (Å²) in [6.07, 6.45) is 1.13. The number of thiazole rings is 1. The van der Waals surface area contributed by atoms with Crippen molar-refractivity contribution in [2.45, 2.75) is 32.9 Å². The van der Waals surface area contributed by atoms with E-state index < -0.39 is 0 Å². The Kier molecular flexibility index (Phi) is 5.72. The molecule has 1 fully saturated rings. The molecule has 5 nitrogen and oxygen atoms in total. The fourth-order valence-electron chi connectivity index (χ4n) is 2.97. The van der Waals surface area contributed by atoms with E-state index in [0.29, 0.717) is 12.0 Å². The Morgan fingerprint density at radius 2 is 2.33 bits per heavy atom. The average Bonchev–Trinajstić information content (AvgIpc) is 2.82. The quantitative estimate of drug-likeness (QED) is 0.892. The number of carbonyl (C=O) groups excluding carboxylic acids is 1. The lowest BCUT2D eigenvalue weighted by atomic mass is 9.90. The minimum atomic E-state index is 0.0650. The van der Waals surface area contributed by atoms with E-state index in [4.69, 9.17) is 0 Å². The van der Waals surface area contributed by atoms with Crippen molar-refractivity contribution in [1.82, 2.24) is 20.1 Å². The molecular weight excluding hydrogens is 284 g/mol. The zero-order valence-corrected chi connectivity index (χ0v) is 14.2. The lowest BCUT2D eigenvalue weighted by Crippen LogP contribution is -2.52. The molecule has 0 radical (unpaired) electrons. The van der Waals surface area contributed by atoms with Crippen LogP contribution in [0.15, 0.2) is 5.51 Å². The number of aryl methyl sites for hydroxylation is 1. The van der Waals surface area contributed by atoms with Crippen molar-refractivity contribution in [3.05, 3.63) is 16.1 Å². The molecule has 0 saturated carbocycles. The summed E-state index contributed by atoms with van der Waals surface area (Å²) in [5, 5.41) is 2.98. The summed E-state index contributed by atoms with van der Waals surface area (Å²) in [6.45, 7) is 7.59. The largest absolute Gasteiger partial charge is 0.356 e. The second-order valence-corrected chi connectivity index (χ2v) is 7.05. The van der Waals surface area contributed by atoms with Crippen molar-refractivity contribution in [2.24, 2.45) is 5.92 Å². The van der Waals surface area contributed by atoms with Gasteiger partial charge >= 0.3 is 0 Å². The summed E-state index contributed by atoms with van der Waals surface area (Å²) < 4.78 is 0. The van der Waals surface area contributed by atoms with E-state index in [0.717, 1.165) is 38.3 Å². The molecule has 2 atom stereocenters. The highest BCUT2D eigenvalue weighted by atomic mass is 32.1. The number of hydrogen-bond acceptors (Lipinski definition) is 5. The lowest BCUT2D eigenvalue weighted by molar-refractivity contribution is -0.119. The van der Waals surface area contributed by atoms with Crippen LogP contribution in [0.5, 0.6) is 0 Å². The van der Waals surface area contributed by atoms with Crippen LogP contribution in [0.3, 0.4) is 0 Å². The summed E-state index contributed by atoms with van der Waals surface area (Å²) in [5.74, 6) is 0.595. The van der Waals surface area contributed by atoms with E-state index >= 15 is 0 Å². The van der Waals surface area contributed by atoms with Crippen LogP contribution in [0.25, 0.3) is 0 Å². The Labute approximate surface area is 131 Å². The fraction of sp³-hybridized carbons (Fsp3) is 0.733. The predicted octanol–water partition coefficient (Wildman–Crippen LogP) is 1.34. The maximum atomic E-state index is 11.1. The summed E-state index contributed by atoms with van der Waals surface area (Å²) >= 11 is 1.74. The van der Waals surface area contributed by atoms with Gasteiger partial charge in [-0.25, -0.2) is 4.98 Å². The van der Waals surface area contributed by atoms with Crippen LogP contribution in [0.4, 0.5) is 0 Å². The molecule has 21 heavy (non-hydrogen) atoms. The van der Waals surface area contributed by atoms with Gasteiger partial charge in [0.05, 0.1) is 11.2 Å². The van der Waals surface area contributed by atoms with Crippen molar-refractivity contribution >= 4 is 17.2 Å². The van der Waals surface area contributed by atoms with E-state index in [9.17, 15) is 4.79 Å². The molecule has 1 saturated heterocycles. The van der Waals surface area contributed by atoms with Crippen molar-refractivity contribution < 1.29 is 4.79 Å². The number of piperidine rings is 1. The molecule has 1 aromatic rings. The van der Waals surface area contributed by atoms with Gasteiger partial charge in [-0.3, -0.25) is 9.69 Å². The molecule has 1 N–H and O–H groups in total. The first-order valence-electron chi connectivity index (χ1n) is 7.49. The Morgan fingerprint density at radius 1 is 1.57 bits per heavy atom. The van der Waals surface area contributed by atoms with Crippen molar-refractivity contribution in [2.75, 3.05) is 33.7 Å². The topological polar surface area (TPSA) is 48.5 Å². The van der Waals surface area contributed by atoms with Gasteiger partial charge in [0, 0.05) is 37.5 Å². The molecule has 0 aliphatic carbocycles. The molecule has 0 aromatic carbocycles. The van der Waals surface area contributed by atoms with Crippen LogP contribution in [-0.4, -0.2) is 60.5 Å². The number of hydrogen-bond donors (Lipinski definition) is 1. The third-order valence-corrected chi connectivity index (χ3v) is 5.21. The highest BCUT2D eigenvalue weighted by molar-refractivity contribution is 7.09. The van der Waals surface area contributed by atoms with Crippen LogP contribution in [-0.2, 0) is 11.3 Å². The normalized spacial score (nSPS) is 23.5. The van der Waals surface area contributed by atoms with Crippen molar-refractivity contribution in [1.29, 1.82) is 0 Å². The summed E-state index contributed by atoms with van der Waals surface area (Å²) in [6, 6.07) is 0.485. The van der Waals surface area contributed by atoms with Gasteiger partial charge < -0.3 is 10.2 Å². The molecule has 1 aromatic heterocycles. The Hall–Kier alpha value is -0.980. The van der Waals surface area contributed by atoms with Gasteiger partial charge in [-0.1, -0.05) is 0 Å². The Bertz CT molecular complexity index is 474. The zero-order valence-electron chi connectivity index (χ0n) is 13.4. The molecule has 0 bridgehead atoms. The van der Waals surface area contributed by atoms with E-state index in [1.54, 1.807) is 18.3 Å². The van der Waals surface area contributed by atoms with E-state index in [1.807, 2.05) is 5.51 Å². The molecule has 1 aliphatic rings. The van der Waals surface area contributed by atoms with Gasteiger partial charge in [0.1, 0.15) is 0 Å². The van der Waals surface area contributed by atoms with Gasteiger partial charge in [-0.15, -0.1) is 11.3 Å². The first kappa shape index (κ1) is 16.4. The van der Waals surface area contributed by atoms with Crippen LogP contribution >= 0.6 is 11.3 Å². The Morgan fingerprint density at radius 3 is 2.90 bits per heavy atom. The lowest BCUT2D eigenvalue weighted by Gasteiger charge is -2.41. The van der Waals surface area contributed by atoms with Crippen molar-refractivity contribution in [3.8, 4) is 0 Å². The zero-order chi connectivity index (χ0) is 15.4. The molecule has 118 valence electrons. The number of rotatable bonds is 5. The van der Waals surface area contributed by atoms with Crippen LogP contribution < -0.4 is 5.32 Å². The van der Waals surface area contributed by atoms with Gasteiger partial charge in [-0.05, 0) is 39.9 Å². The first-order valence-corrected chi connectivity index (χ1v) is 8.37. The van der Waals surface area contributed by atoms with Crippen LogP contribution in [0.2, 0.25) is 0 Å². The van der Waals surface area contributed by atoms with E-state index in [-0.39, 0.29) is 5.91 Å². The monoisotopic (exact) mass is 310 g/mol. The highest BCUT2D eigenvalue weighted by Crippen LogP contribution is 2.24. The van der Waals surface area contributed by atoms with Crippen LogP contribution in [0.1, 0.15) is 23.9 Å². The number of likely N-dealkylation sites (tertiary alicyclic amines) is 1. The molecule has 2 heterocycles. The summed E-state index contributed by atoms with van der Waals surface area (Å²) in [4.78, 5) is 21.6. The molecule has 6 heteroatoms. The van der Waals surface area contributed by atoms with E-state index in [1.165, 1.54) is 4.88 Å². The van der Waals surface area contributed by atoms with E-state index in [2.05, 4.69) is 41.1 Å². The Balaban J connectivity index is 1.94. The number of amides is 1. The summed E-state index contributed by atoms with van der Waals surface area (Å²) in [7, 11) is 4.26. The molecule has 0 spiro atoms. The van der Waals surface area contributed by atoms with Gasteiger partial charge in [0.25, 0.3) is 0 Å². The maximum absolute atomic E-state index is 11.1. The maximum Gasteiger partial charge on any atom is 0.216 e. The molecule has 2 rings (SSSR count). The number of likely N-dealkylation sites (N-methyl/N-ethyl adjacent to an activating group) is 1. The third kappa shape index (κ3) is 4.49. The second kappa shape index (κ2) is 7.33. The minimum absolute atomic E-state index is 0.0650. The highest BCUT2D eigenvalue weighted by Gasteiger charge is 2.31. The molecule has 0 unspecified atom stereocenters. The third-order valence-electron chi connectivity index (χ3n) is 4.29. The number of nitrogens with one attached hydrogen (secondary N) is 1. The predicted molar refractivity (Wildman–Crippen MR) is 86.4 cm³/mol. The summed E-state index contributed by atoms with van der Waals surface area (Å²) in [5.41, 5.74) is 3.08. The minimum Gasteiger partial charge on any atom is -0.356 e. The average molecular weight is 310 g/mol.